The van der Waals surface area contributed by atoms with E-state index >= 15 is 0 Å². The number of aliphatic hydroxyl groups is 1. The van der Waals surface area contributed by atoms with Crippen LogP contribution < -0.4 is 0 Å². The summed E-state index contributed by atoms with van der Waals surface area (Å²) in [5.74, 6) is 0. The van der Waals surface area contributed by atoms with Crippen molar-refractivity contribution in [3.63, 3.8) is 0 Å². The largest absolute Gasteiger partial charge is 0.383 e. The number of aliphatic hydroxyl groups excluding tert-OH is 1. The lowest BCUT2D eigenvalue weighted by Crippen LogP contribution is -1.99. The molecule has 1 N–H and O–H groups in total. The van der Waals surface area contributed by atoms with Gasteiger partial charge in [0, 0.05) is 0 Å². The third-order valence-electron chi connectivity index (χ3n) is 4.10. The lowest BCUT2D eigenvalue weighted by Gasteiger charge is -2.14. The molecule has 0 saturated carbocycles. The predicted octanol–water partition coefficient (Wildman–Crippen LogP) is 4.74. The van der Waals surface area contributed by atoms with Crippen molar-refractivity contribution in [2.24, 2.45) is 0 Å². The fraction of sp³-hybridized carbons (Fsp3) is 0.176. The van der Waals surface area contributed by atoms with E-state index in [-0.39, 0.29) is 0 Å². The molecule has 4 rings (SSSR count). The van der Waals surface area contributed by atoms with Crippen LogP contribution >= 0.6 is 22.9 Å². The summed E-state index contributed by atoms with van der Waals surface area (Å²) in [6.07, 6.45) is 1.56. The van der Waals surface area contributed by atoms with E-state index in [1.54, 1.807) is 0 Å². The van der Waals surface area contributed by atoms with Crippen molar-refractivity contribution < 1.29 is 5.11 Å². The molecule has 1 unspecified atom stereocenters. The van der Waals surface area contributed by atoms with Crippen LogP contribution in [0.5, 0.6) is 0 Å². The van der Waals surface area contributed by atoms with Crippen LogP contribution in [-0.2, 0) is 12.8 Å². The molecular formula is C17H13ClOS. The van der Waals surface area contributed by atoms with Crippen LogP contribution in [0.1, 0.15) is 27.7 Å². The average Bonchev–Trinajstić information content (AvgIpc) is 3.07. The number of thiophene rings is 1. The van der Waals surface area contributed by atoms with Crippen molar-refractivity contribution in [3.05, 3.63) is 68.4 Å². The topological polar surface area (TPSA) is 20.2 Å². The van der Waals surface area contributed by atoms with Gasteiger partial charge < -0.3 is 5.11 Å². The Kier molecular flexibility index (Phi) is 2.84. The Bertz CT molecular complexity index is 796. The molecule has 1 heterocycles. The Labute approximate surface area is 126 Å². The summed E-state index contributed by atoms with van der Waals surface area (Å²) in [6.45, 7) is 0. The molecule has 0 radical (unpaired) electrons. The molecule has 20 heavy (non-hydrogen) atoms. The van der Waals surface area contributed by atoms with Crippen molar-refractivity contribution in [1.82, 2.24) is 0 Å². The van der Waals surface area contributed by atoms with Gasteiger partial charge in [-0.3, -0.25) is 0 Å². The number of halogens is 1. The van der Waals surface area contributed by atoms with Crippen LogP contribution in [0.25, 0.3) is 10.8 Å². The molecule has 1 aliphatic carbocycles. The van der Waals surface area contributed by atoms with E-state index < -0.39 is 6.10 Å². The van der Waals surface area contributed by atoms with Crippen LogP contribution in [0.15, 0.2) is 41.8 Å². The van der Waals surface area contributed by atoms with E-state index in [0.29, 0.717) is 5.02 Å². The highest BCUT2D eigenvalue weighted by Gasteiger charge is 2.21. The van der Waals surface area contributed by atoms with Gasteiger partial charge in [-0.1, -0.05) is 41.9 Å². The smallest absolute Gasteiger partial charge is 0.115 e. The molecule has 0 spiro atoms. The molecule has 1 aliphatic rings. The maximum Gasteiger partial charge on any atom is 0.115 e. The maximum absolute atomic E-state index is 10.7. The van der Waals surface area contributed by atoms with E-state index in [9.17, 15) is 5.11 Å². The summed E-state index contributed by atoms with van der Waals surface area (Å²) in [6, 6.07) is 12.4. The van der Waals surface area contributed by atoms with E-state index in [2.05, 4.69) is 24.3 Å². The molecule has 3 aromatic rings. The average molecular weight is 301 g/mol. The van der Waals surface area contributed by atoms with Crippen molar-refractivity contribution in [2.45, 2.75) is 18.9 Å². The number of hydrogen-bond acceptors (Lipinski definition) is 2. The predicted molar refractivity (Wildman–Crippen MR) is 84.7 cm³/mol. The molecule has 0 fully saturated rings. The Morgan fingerprint density at radius 1 is 1.05 bits per heavy atom. The van der Waals surface area contributed by atoms with Gasteiger partial charge in [0.05, 0.1) is 9.90 Å². The summed E-state index contributed by atoms with van der Waals surface area (Å²) >= 11 is 7.66. The highest BCUT2D eigenvalue weighted by atomic mass is 35.5. The summed E-state index contributed by atoms with van der Waals surface area (Å²) in [4.78, 5) is 0.824. The lowest BCUT2D eigenvalue weighted by molar-refractivity contribution is 0.226. The van der Waals surface area contributed by atoms with Crippen molar-refractivity contribution in [1.29, 1.82) is 0 Å². The molecule has 1 aromatic heterocycles. The van der Waals surface area contributed by atoms with E-state index in [1.165, 1.54) is 27.8 Å². The second kappa shape index (κ2) is 4.59. The standard InChI is InChI=1S/C17H13ClOS/c18-14-8-9-20-17(14)16(19)13-7-6-11-5-4-10-2-1-3-12(13)15(10)11/h1-3,6-9,16,19H,4-5H2. The number of rotatable bonds is 2. The minimum Gasteiger partial charge on any atom is -0.383 e. The number of hydrogen-bond donors (Lipinski definition) is 1. The molecule has 2 aromatic carbocycles. The van der Waals surface area contributed by atoms with Crippen LogP contribution in [0.3, 0.4) is 0 Å². The van der Waals surface area contributed by atoms with Gasteiger partial charge in [0.1, 0.15) is 6.10 Å². The summed E-state index contributed by atoms with van der Waals surface area (Å²) in [5.41, 5.74) is 3.74. The number of aryl methyl sites for hydroxylation is 2. The summed E-state index contributed by atoms with van der Waals surface area (Å²) in [7, 11) is 0. The van der Waals surface area contributed by atoms with Crippen LogP contribution in [0.2, 0.25) is 5.02 Å². The maximum atomic E-state index is 10.7. The zero-order chi connectivity index (χ0) is 13.7. The first-order valence-electron chi connectivity index (χ1n) is 6.70. The molecule has 100 valence electrons. The molecule has 3 heteroatoms. The molecule has 0 bridgehead atoms. The minimum atomic E-state index is -0.646. The zero-order valence-corrected chi connectivity index (χ0v) is 12.3. The quantitative estimate of drug-likeness (QED) is 0.725. The Balaban J connectivity index is 1.96. The second-order valence-electron chi connectivity index (χ2n) is 5.19. The van der Waals surface area contributed by atoms with Crippen molar-refractivity contribution >= 4 is 33.7 Å². The fourth-order valence-electron chi connectivity index (χ4n) is 3.15. The monoisotopic (exact) mass is 300 g/mol. The van der Waals surface area contributed by atoms with Gasteiger partial charge in [-0.05, 0) is 51.8 Å². The fourth-order valence-corrected chi connectivity index (χ4v) is 4.31. The van der Waals surface area contributed by atoms with Crippen LogP contribution in [-0.4, -0.2) is 5.11 Å². The van der Waals surface area contributed by atoms with Gasteiger partial charge in [0.25, 0.3) is 0 Å². The Hall–Kier alpha value is -1.35. The van der Waals surface area contributed by atoms with Crippen molar-refractivity contribution in [2.75, 3.05) is 0 Å². The lowest BCUT2D eigenvalue weighted by atomic mass is 9.96. The third-order valence-corrected chi connectivity index (χ3v) is 5.51. The van der Waals surface area contributed by atoms with E-state index in [1.807, 2.05) is 17.5 Å². The normalized spacial score (nSPS) is 14.9. The molecule has 0 saturated heterocycles. The summed E-state index contributed by atoms with van der Waals surface area (Å²) < 4.78 is 0. The summed E-state index contributed by atoms with van der Waals surface area (Å²) in [5, 5.41) is 15.7. The highest BCUT2D eigenvalue weighted by Crippen LogP contribution is 2.39. The molecule has 0 aliphatic heterocycles. The van der Waals surface area contributed by atoms with Gasteiger partial charge in [-0.15, -0.1) is 11.3 Å². The zero-order valence-electron chi connectivity index (χ0n) is 10.8. The molecular weight excluding hydrogens is 288 g/mol. The minimum absolute atomic E-state index is 0.644. The molecule has 1 nitrogen and oxygen atoms in total. The molecule has 0 amide bonds. The van der Waals surface area contributed by atoms with E-state index in [0.717, 1.165) is 28.7 Å². The van der Waals surface area contributed by atoms with Gasteiger partial charge >= 0.3 is 0 Å². The first kappa shape index (κ1) is 12.4. The van der Waals surface area contributed by atoms with Crippen LogP contribution in [0, 0.1) is 0 Å². The Morgan fingerprint density at radius 3 is 2.60 bits per heavy atom. The highest BCUT2D eigenvalue weighted by molar-refractivity contribution is 7.10. The van der Waals surface area contributed by atoms with Gasteiger partial charge in [0.2, 0.25) is 0 Å². The van der Waals surface area contributed by atoms with Crippen LogP contribution in [0.4, 0.5) is 0 Å². The first-order valence-corrected chi connectivity index (χ1v) is 7.96. The van der Waals surface area contributed by atoms with Gasteiger partial charge in [0.15, 0.2) is 0 Å². The first-order chi connectivity index (χ1) is 9.75. The number of benzene rings is 2. The van der Waals surface area contributed by atoms with Gasteiger partial charge in [-0.25, -0.2) is 0 Å². The second-order valence-corrected chi connectivity index (χ2v) is 6.54. The SMILES string of the molecule is OC(c1sccc1Cl)c1ccc2c3c(cccc13)CC2. The third kappa shape index (κ3) is 1.72. The van der Waals surface area contributed by atoms with Gasteiger partial charge in [-0.2, -0.15) is 0 Å². The van der Waals surface area contributed by atoms with Crippen molar-refractivity contribution in [3.8, 4) is 0 Å². The van der Waals surface area contributed by atoms with E-state index in [4.69, 9.17) is 11.6 Å². The molecule has 1 atom stereocenters. The Morgan fingerprint density at radius 2 is 1.85 bits per heavy atom.